The molecule has 1 saturated heterocycles. The zero-order valence-corrected chi connectivity index (χ0v) is 13.0. The van der Waals surface area contributed by atoms with E-state index < -0.39 is 0 Å². The fourth-order valence-electron chi connectivity index (χ4n) is 3.16. The van der Waals surface area contributed by atoms with Crippen LogP contribution in [0.3, 0.4) is 0 Å². The lowest BCUT2D eigenvalue weighted by atomic mass is 9.85. The molecule has 0 aromatic rings. The van der Waals surface area contributed by atoms with Gasteiger partial charge in [-0.1, -0.05) is 40.5 Å². The first kappa shape index (κ1) is 14.8. The molecule has 0 aromatic heterocycles. The average Bonchev–Trinajstić information content (AvgIpc) is 2.59. The molecular weight excluding hydrogens is 236 g/mol. The van der Waals surface area contributed by atoms with Crippen LogP contribution in [-0.2, 0) is 4.79 Å². The molecule has 1 heterocycles. The average molecular weight is 266 g/mol. The molecular formula is C16H30N2O. The van der Waals surface area contributed by atoms with Crippen LogP contribution in [-0.4, -0.2) is 29.6 Å². The second-order valence-electron chi connectivity index (χ2n) is 6.96. The lowest BCUT2D eigenvalue weighted by Crippen LogP contribution is -2.42. The molecule has 1 aliphatic heterocycles. The number of carbonyl (C=O) groups is 1. The number of rotatable bonds is 6. The monoisotopic (exact) mass is 266 g/mol. The van der Waals surface area contributed by atoms with Gasteiger partial charge in [0.2, 0.25) is 5.91 Å². The van der Waals surface area contributed by atoms with Crippen molar-refractivity contribution in [3.63, 3.8) is 0 Å². The predicted octanol–water partition coefficient (Wildman–Crippen LogP) is 3.01. The van der Waals surface area contributed by atoms with Gasteiger partial charge < -0.3 is 4.90 Å². The number of nitrogens with zero attached hydrogens (tertiary/aromatic N) is 1. The van der Waals surface area contributed by atoms with Gasteiger partial charge in [0, 0.05) is 6.54 Å². The molecule has 3 atom stereocenters. The molecule has 2 fully saturated rings. The molecule has 1 aliphatic carbocycles. The third-order valence-corrected chi connectivity index (χ3v) is 4.88. The number of hydrogen-bond acceptors (Lipinski definition) is 2. The minimum absolute atomic E-state index is 0.0498. The highest BCUT2D eigenvalue weighted by atomic mass is 16.2. The Morgan fingerprint density at radius 2 is 2.00 bits per heavy atom. The van der Waals surface area contributed by atoms with Crippen molar-refractivity contribution >= 4 is 5.91 Å². The summed E-state index contributed by atoms with van der Waals surface area (Å²) in [6.07, 6.45) is 6.38. The van der Waals surface area contributed by atoms with E-state index in [9.17, 15) is 4.79 Å². The Kier molecular flexibility index (Phi) is 4.88. The Bertz CT molecular complexity index is 312. The minimum atomic E-state index is 0.0498. The summed E-state index contributed by atoms with van der Waals surface area (Å²) in [7, 11) is 0. The molecule has 3 nitrogen and oxygen atoms in total. The van der Waals surface area contributed by atoms with Crippen molar-refractivity contribution in [1.82, 2.24) is 10.2 Å². The van der Waals surface area contributed by atoms with Gasteiger partial charge in [-0.2, -0.15) is 0 Å². The van der Waals surface area contributed by atoms with Crippen LogP contribution in [0.15, 0.2) is 0 Å². The normalized spacial score (nSPS) is 29.9. The Hall–Kier alpha value is -0.570. The van der Waals surface area contributed by atoms with Gasteiger partial charge >= 0.3 is 0 Å². The Morgan fingerprint density at radius 1 is 1.32 bits per heavy atom. The second kappa shape index (κ2) is 6.25. The highest BCUT2D eigenvalue weighted by Gasteiger charge is 2.42. The number of carbonyl (C=O) groups excluding carboxylic acids is 1. The maximum Gasteiger partial charge on any atom is 0.241 e. The SMILES string of the molecule is CCC(C)C1NC(CC(C)C)N(CC2CCC2)C1=O. The van der Waals surface area contributed by atoms with Gasteiger partial charge in [0.1, 0.15) is 0 Å². The Balaban J connectivity index is 2.03. The topological polar surface area (TPSA) is 32.3 Å². The fourth-order valence-corrected chi connectivity index (χ4v) is 3.16. The van der Waals surface area contributed by atoms with Crippen LogP contribution in [0, 0.1) is 17.8 Å². The summed E-state index contributed by atoms with van der Waals surface area (Å²) in [6.45, 7) is 9.82. The number of nitrogens with one attached hydrogen (secondary N) is 1. The van der Waals surface area contributed by atoms with Crippen LogP contribution in [0.4, 0.5) is 0 Å². The van der Waals surface area contributed by atoms with Gasteiger partial charge in [0.25, 0.3) is 0 Å². The summed E-state index contributed by atoms with van der Waals surface area (Å²) in [5.41, 5.74) is 0. The molecule has 3 heteroatoms. The highest BCUT2D eigenvalue weighted by Crippen LogP contribution is 2.31. The molecule has 2 rings (SSSR count). The largest absolute Gasteiger partial charge is 0.326 e. The molecule has 0 radical (unpaired) electrons. The minimum Gasteiger partial charge on any atom is -0.326 e. The van der Waals surface area contributed by atoms with Crippen molar-refractivity contribution < 1.29 is 4.79 Å². The molecule has 0 bridgehead atoms. The summed E-state index contributed by atoms with van der Waals surface area (Å²) in [5.74, 6) is 2.18. The van der Waals surface area contributed by atoms with Crippen LogP contribution >= 0.6 is 0 Å². The summed E-state index contributed by atoms with van der Waals surface area (Å²) < 4.78 is 0. The van der Waals surface area contributed by atoms with E-state index in [0.717, 1.165) is 25.3 Å². The van der Waals surface area contributed by atoms with Crippen LogP contribution in [0.2, 0.25) is 0 Å². The fraction of sp³-hybridized carbons (Fsp3) is 0.938. The zero-order chi connectivity index (χ0) is 14.0. The summed E-state index contributed by atoms with van der Waals surface area (Å²) in [4.78, 5) is 14.8. The van der Waals surface area contributed by atoms with Gasteiger partial charge in [-0.3, -0.25) is 10.1 Å². The van der Waals surface area contributed by atoms with Gasteiger partial charge in [0.05, 0.1) is 12.2 Å². The Morgan fingerprint density at radius 3 is 2.47 bits per heavy atom. The van der Waals surface area contributed by atoms with E-state index in [1.807, 2.05) is 0 Å². The molecule has 0 aromatic carbocycles. The van der Waals surface area contributed by atoms with Gasteiger partial charge in [-0.15, -0.1) is 0 Å². The molecule has 3 unspecified atom stereocenters. The van der Waals surface area contributed by atoms with Crippen molar-refractivity contribution in [2.24, 2.45) is 17.8 Å². The van der Waals surface area contributed by atoms with E-state index in [4.69, 9.17) is 0 Å². The maximum atomic E-state index is 12.6. The third-order valence-electron chi connectivity index (χ3n) is 4.88. The molecule has 2 aliphatic rings. The van der Waals surface area contributed by atoms with Crippen molar-refractivity contribution in [2.75, 3.05) is 6.54 Å². The highest BCUT2D eigenvalue weighted by molar-refractivity contribution is 5.84. The van der Waals surface area contributed by atoms with Gasteiger partial charge in [0.15, 0.2) is 0 Å². The smallest absolute Gasteiger partial charge is 0.241 e. The molecule has 1 amide bonds. The molecule has 0 spiro atoms. The summed E-state index contributed by atoms with van der Waals surface area (Å²) in [6, 6.07) is 0.0498. The molecule has 19 heavy (non-hydrogen) atoms. The van der Waals surface area contributed by atoms with E-state index in [0.29, 0.717) is 17.7 Å². The van der Waals surface area contributed by atoms with E-state index in [1.54, 1.807) is 0 Å². The molecule has 1 saturated carbocycles. The van der Waals surface area contributed by atoms with Crippen LogP contribution in [0.1, 0.15) is 59.8 Å². The molecule has 1 N–H and O–H groups in total. The van der Waals surface area contributed by atoms with Gasteiger partial charge in [-0.25, -0.2) is 0 Å². The number of amides is 1. The van der Waals surface area contributed by atoms with Crippen LogP contribution in [0.25, 0.3) is 0 Å². The lowest BCUT2D eigenvalue weighted by molar-refractivity contribution is -0.132. The van der Waals surface area contributed by atoms with Crippen LogP contribution in [0.5, 0.6) is 0 Å². The third kappa shape index (κ3) is 3.31. The first-order valence-corrected chi connectivity index (χ1v) is 8.09. The van der Waals surface area contributed by atoms with E-state index >= 15 is 0 Å². The first-order chi connectivity index (χ1) is 9.02. The van der Waals surface area contributed by atoms with Crippen LogP contribution < -0.4 is 5.32 Å². The van der Waals surface area contributed by atoms with Crippen molar-refractivity contribution in [2.45, 2.75) is 72.0 Å². The second-order valence-corrected chi connectivity index (χ2v) is 6.96. The van der Waals surface area contributed by atoms with Crippen molar-refractivity contribution in [3.05, 3.63) is 0 Å². The standard InChI is InChI=1S/C16H30N2O/c1-5-12(4)15-16(19)18(10-13-7-6-8-13)14(17-15)9-11(2)3/h11-15,17H,5-10H2,1-4H3. The summed E-state index contributed by atoms with van der Waals surface area (Å²) in [5, 5.41) is 3.60. The number of hydrogen-bond donors (Lipinski definition) is 1. The Labute approximate surface area is 118 Å². The van der Waals surface area contributed by atoms with E-state index in [-0.39, 0.29) is 12.2 Å². The van der Waals surface area contributed by atoms with E-state index in [1.165, 1.54) is 19.3 Å². The van der Waals surface area contributed by atoms with Crippen molar-refractivity contribution in [3.8, 4) is 0 Å². The van der Waals surface area contributed by atoms with Gasteiger partial charge in [-0.05, 0) is 37.0 Å². The quantitative estimate of drug-likeness (QED) is 0.801. The van der Waals surface area contributed by atoms with Crippen molar-refractivity contribution in [1.29, 1.82) is 0 Å². The van der Waals surface area contributed by atoms with E-state index in [2.05, 4.69) is 37.9 Å². The zero-order valence-electron chi connectivity index (χ0n) is 13.0. The maximum absolute atomic E-state index is 12.6. The summed E-state index contributed by atoms with van der Waals surface area (Å²) >= 11 is 0. The lowest BCUT2D eigenvalue weighted by Gasteiger charge is -2.33. The first-order valence-electron chi connectivity index (χ1n) is 8.09. The predicted molar refractivity (Wildman–Crippen MR) is 78.7 cm³/mol. The molecule has 110 valence electrons.